The first-order valence-electron chi connectivity index (χ1n) is 6.81. The van der Waals surface area contributed by atoms with E-state index < -0.39 is 0 Å². The summed E-state index contributed by atoms with van der Waals surface area (Å²) in [5, 5.41) is 22.5. The van der Waals surface area contributed by atoms with Crippen LogP contribution in [0.15, 0.2) is 18.2 Å². The molecule has 3 nitrogen and oxygen atoms in total. The van der Waals surface area contributed by atoms with Crippen LogP contribution in [-0.2, 0) is 0 Å². The minimum Gasteiger partial charge on any atom is -0.508 e. The van der Waals surface area contributed by atoms with Crippen molar-refractivity contribution in [1.82, 2.24) is 5.32 Å². The highest BCUT2D eigenvalue weighted by atomic mass is 16.3. The van der Waals surface area contributed by atoms with Crippen LogP contribution in [0.3, 0.4) is 0 Å². The molecule has 3 atom stereocenters. The van der Waals surface area contributed by atoms with Gasteiger partial charge < -0.3 is 15.5 Å². The first-order chi connectivity index (χ1) is 8.56. The number of nitrogens with one attached hydrogen (secondary N) is 1. The lowest BCUT2D eigenvalue weighted by molar-refractivity contribution is 0.416. The number of hydrogen-bond acceptors (Lipinski definition) is 3. The molecule has 0 amide bonds. The van der Waals surface area contributed by atoms with Crippen LogP contribution in [0.1, 0.15) is 44.7 Å². The van der Waals surface area contributed by atoms with Crippen LogP contribution in [0.25, 0.3) is 0 Å². The van der Waals surface area contributed by atoms with Crippen molar-refractivity contribution in [3.8, 4) is 11.5 Å². The van der Waals surface area contributed by atoms with Gasteiger partial charge in [-0.15, -0.1) is 0 Å². The second kappa shape index (κ2) is 5.61. The van der Waals surface area contributed by atoms with Gasteiger partial charge in [0.15, 0.2) is 0 Å². The van der Waals surface area contributed by atoms with Gasteiger partial charge in [0, 0.05) is 17.7 Å². The third-order valence-electron chi connectivity index (χ3n) is 4.00. The molecule has 1 aliphatic carbocycles. The molecular weight excluding hydrogens is 226 g/mol. The average molecular weight is 249 g/mol. The maximum absolute atomic E-state index is 9.80. The number of phenols is 2. The molecule has 1 aromatic carbocycles. The summed E-state index contributed by atoms with van der Waals surface area (Å²) < 4.78 is 0. The molecule has 0 spiro atoms. The van der Waals surface area contributed by atoms with Crippen LogP contribution in [0.4, 0.5) is 0 Å². The van der Waals surface area contributed by atoms with Crippen molar-refractivity contribution in [3.63, 3.8) is 0 Å². The molecule has 0 heterocycles. The van der Waals surface area contributed by atoms with E-state index in [4.69, 9.17) is 0 Å². The van der Waals surface area contributed by atoms with Gasteiger partial charge in [-0.25, -0.2) is 0 Å². The van der Waals surface area contributed by atoms with Gasteiger partial charge in [-0.2, -0.15) is 0 Å². The fraction of sp³-hybridized carbons (Fsp3) is 0.600. The first kappa shape index (κ1) is 13.2. The zero-order valence-corrected chi connectivity index (χ0v) is 11.2. The SMILES string of the molecule is CC1CCC(CNC(C)c2ccc(O)cc2O)C1. The van der Waals surface area contributed by atoms with Gasteiger partial charge in [0.05, 0.1) is 0 Å². The summed E-state index contributed by atoms with van der Waals surface area (Å²) in [6.07, 6.45) is 3.95. The van der Waals surface area contributed by atoms with E-state index in [0.717, 1.165) is 23.9 Å². The number of aromatic hydroxyl groups is 2. The van der Waals surface area contributed by atoms with Gasteiger partial charge >= 0.3 is 0 Å². The molecular formula is C15H23NO2. The Hall–Kier alpha value is -1.22. The highest BCUT2D eigenvalue weighted by molar-refractivity contribution is 5.40. The monoisotopic (exact) mass is 249 g/mol. The normalized spacial score (nSPS) is 25.2. The summed E-state index contributed by atoms with van der Waals surface area (Å²) in [7, 11) is 0. The molecule has 1 aliphatic rings. The summed E-state index contributed by atoms with van der Waals surface area (Å²) in [5.41, 5.74) is 0.846. The van der Waals surface area contributed by atoms with Crippen LogP contribution in [0.2, 0.25) is 0 Å². The lowest BCUT2D eigenvalue weighted by atomic mass is 10.0. The van der Waals surface area contributed by atoms with Crippen LogP contribution >= 0.6 is 0 Å². The second-order valence-electron chi connectivity index (χ2n) is 5.66. The van der Waals surface area contributed by atoms with Gasteiger partial charge in [-0.1, -0.05) is 19.4 Å². The summed E-state index contributed by atoms with van der Waals surface area (Å²) >= 11 is 0. The Labute approximate surface area is 109 Å². The van der Waals surface area contributed by atoms with Crippen molar-refractivity contribution in [3.05, 3.63) is 23.8 Å². The van der Waals surface area contributed by atoms with Gasteiger partial charge in [0.25, 0.3) is 0 Å². The van der Waals surface area contributed by atoms with Crippen LogP contribution in [-0.4, -0.2) is 16.8 Å². The van der Waals surface area contributed by atoms with E-state index >= 15 is 0 Å². The summed E-state index contributed by atoms with van der Waals surface area (Å²) in [5.74, 6) is 1.89. The number of hydrogen-bond donors (Lipinski definition) is 3. The van der Waals surface area contributed by atoms with Crippen molar-refractivity contribution in [2.75, 3.05) is 6.54 Å². The molecule has 100 valence electrons. The van der Waals surface area contributed by atoms with Crippen LogP contribution < -0.4 is 5.32 Å². The quantitative estimate of drug-likeness (QED) is 0.768. The summed E-state index contributed by atoms with van der Waals surface area (Å²) in [6.45, 7) is 5.37. The van der Waals surface area contributed by atoms with Crippen LogP contribution in [0.5, 0.6) is 11.5 Å². The molecule has 3 heteroatoms. The molecule has 2 rings (SSSR count). The van der Waals surface area contributed by atoms with E-state index in [0.29, 0.717) is 0 Å². The van der Waals surface area contributed by atoms with E-state index in [-0.39, 0.29) is 17.5 Å². The molecule has 0 aliphatic heterocycles. The van der Waals surface area contributed by atoms with Crippen molar-refractivity contribution >= 4 is 0 Å². The third kappa shape index (κ3) is 3.16. The molecule has 3 N–H and O–H groups in total. The Balaban J connectivity index is 1.89. The lowest BCUT2D eigenvalue weighted by Crippen LogP contribution is -2.24. The molecule has 0 saturated heterocycles. The largest absolute Gasteiger partial charge is 0.508 e. The van der Waals surface area contributed by atoms with E-state index in [1.807, 2.05) is 6.92 Å². The maximum Gasteiger partial charge on any atom is 0.124 e. The van der Waals surface area contributed by atoms with Gasteiger partial charge in [-0.05, 0) is 44.2 Å². The van der Waals surface area contributed by atoms with Crippen molar-refractivity contribution in [1.29, 1.82) is 0 Å². The molecule has 3 unspecified atom stereocenters. The Morgan fingerprint density at radius 3 is 2.72 bits per heavy atom. The number of rotatable bonds is 4. The van der Waals surface area contributed by atoms with E-state index in [1.54, 1.807) is 12.1 Å². The zero-order valence-electron chi connectivity index (χ0n) is 11.2. The second-order valence-corrected chi connectivity index (χ2v) is 5.66. The first-order valence-corrected chi connectivity index (χ1v) is 6.81. The Kier molecular flexibility index (Phi) is 4.12. The Morgan fingerprint density at radius 2 is 2.11 bits per heavy atom. The number of benzene rings is 1. The minimum absolute atomic E-state index is 0.105. The molecule has 0 bridgehead atoms. The van der Waals surface area contributed by atoms with Crippen molar-refractivity contribution < 1.29 is 10.2 Å². The van der Waals surface area contributed by atoms with E-state index in [2.05, 4.69) is 12.2 Å². The minimum atomic E-state index is 0.105. The summed E-state index contributed by atoms with van der Waals surface area (Å²) in [4.78, 5) is 0. The molecule has 1 fully saturated rings. The Morgan fingerprint density at radius 1 is 1.33 bits per heavy atom. The van der Waals surface area contributed by atoms with Gasteiger partial charge in [0.1, 0.15) is 11.5 Å². The molecule has 18 heavy (non-hydrogen) atoms. The van der Waals surface area contributed by atoms with Gasteiger partial charge in [-0.3, -0.25) is 0 Å². The average Bonchev–Trinajstić information content (AvgIpc) is 2.72. The molecule has 0 aromatic heterocycles. The fourth-order valence-corrected chi connectivity index (χ4v) is 2.86. The number of phenolic OH excluding ortho intramolecular Hbond substituents is 2. The third-order valence-corrected chi connectivity index (χ3v) is 4.00. The maximum atomic E-state index is 9.80. The molecule has 0 radical (unpaired) electrons. The molecule has 1 saturated carbocycles. The molecule has 1 aromatic rings. The highest BCUT2D eigenvalue weighted by Gasteiger charge is 2.21. The van der Waals surface area contributed by atoms with Crippen molar-refractivity contribution in [2.24, 2.45) is 11.8 Å². The van der Waals surface area contributed by atoms with Gasteiger partial charge in [0.2, 0.25) is 0 Å². The predicted molar refractivity (Wildman–Crippen MR) is 72.7 cm³/mol. The van der Waals surface area contributed by atoms with E-state index in [9.17, 15) is 10.2 Å². The lowest BCUT2D eigenvalue weighted by Gasteiger charge is -2.18. The highest BCUT2D eigenvalue weighted by Crippen LogP contribution is 2.31. The standard InChI is InChI=1S/C15H23NO2/c1-10-3-4-12(7-10)9-16-11(2)14-6-5-13(17)8-15(14)18/h5-6,8,10-12,16-18H,3-4,7,9H2,1-2H3. The Bertz CT molecular complexity index is 405. The predicted octanol–water partition coefficient (Wildman–Crippen LogP) is 3.18. The van der Waals surface area contributed by atoms with Crippen molar-refractivity contribution in [2.45, 2.75) is 39.2 Å². The van der Waals surface area contributed by atoms with Crippen LogP contribution in [0, 0.1) is 11.8 Å². The fourth-order valence-electron chi connectivity index (χ4n) is 2.86. The smallest absolute Gasteiger partial charge is 0.124 e. The topological polar surface area (TPSA) is 52.5 Å². The van der Waals surface area contributed by atoms with E-state index in [1.165, 1.54) is 25.3 Å². The zero-order chi connectivity index (χ0) is 13.1. The summed E-state index contributed by atoms with van der Waals surface area (Å²) in [6, 6.07) is 4.90.